The maximum absolute atomic E-state index is 5.91. The number of hydrogen-bond acceptors (Lipinski definition) is 4. The summed E-state index contributed by atoms with van der Waals surface area (Å²) in [7, 11) is 3.25. The van der Waals surface area contributed by atoms with Crippen LogP contribution in [0.2, 0.25) is 0 Å². The molecule has 4 heteroatoms. The molecule has 2 aromatic rings. The first-order chi connectivity index (χ1) is 10.6. The number of nitrogens with two attached hydrogens (primary N) is 1. The minimum Gasteiger partial charge on any atom is -0.493 e. The van der Waals surface area contributed by atoms with Crippen LogP contribution in [0.15, 0.2) is 42.5 Å². The normalized spacial score (nSPS) is 11.8. The molecule has 0 aliphatic rings. The van der Waals surface area contributed by atoms with E-state index < -0.39 is 0 Å². The number of ether oxygens (including phenoxy) is 3. The molecule has 0 amide bonds. The molecule has 0 spiro atoms. The average molecular weight is 301 g/mol. The average Bonchev–Trinajstić information content (AvgIpc) is 2.53. The van der Waals surface area contributed by atoms with Gasteiger partial charge in [0.2, 0.25) is 5.75 Å². The molecule has 0 saturated carbocycles. The van der Waals surface area contributed by atoms with Crippen molar-refractivity contribution in [3.63, 3.8) is 0 Å². The fourth-order valence-corrected chi connectivity index (χ4v) is 2.30. The lowest BCUT2D eigenvalue weighted by molar-refractivity contribution is 0.265. The first kappa shape index (κ1) is 16.2. The molecular weight excluding hydrogens is 278 g/mol. The minimum atomic E-state index is 0.0745. The van der Waals surface area contributed by atoms with Gasteiger partial charge in [-0.25, -0.2) is 0 Å². The summed E-state index contributed by atoms with van der Waals surface area (Å²) in [4.78, 5) is 0. The summed E-state index contributed by atoms with van der Waals surface area (Å²) in [5.41, 5.74) is 8.02. The fraction of sp³-hybridized carbons (Fsp3) is 0.333. The quantitative estimate of drug-likeness (QED) is 0.853. The van der Waals surface area contributed by atoms with Crippen molar-refractivity contribution in [1.29, 1.82) is 0 Å². The summed E-state index contributed by atoms with van der Waals surface area (Å²) in [6.45, 7) is 2.43. The van der Waals surface area contributed by atoms with E-state index >= 15 is 0 Å². The Hall–Kier alpha value is -2.20. The Bertz CT molecular complexity index is 572. The molecule has 1 atom stereocenters. The zero-order valence-corrected chi connectivity index (χ0v) is 13.3. The molecule has 0 radical (unpaired) electrons. The number of rotatable bonds is 7. The smallest absolute Gasteiger partial charge is 0.203 e. The predicted octanol–water partition coefficient (Wildman–Crippen LogP) is 3.17. The summed E-state index contributed by atoms with van der Waals surface area (Å²) in [6, 6.07) is 14.0. The maximum atomic E-state index is 5.91. The van der Waals surface area contributed by atoms with E-state index in [-0.39, 0.29) is 6.04 Å². The van der Waals surface area contributed by atoms with Crippen molar-refractivity contribution < 1.29 is 14.2 Å². The van der Waals surface area contributed by atoms with Crippen molar-refractivity contribution in [2.45, 2.75) is 26.0 Å². The van der Waals surface area contributed by atoms with Gasteiger partial charge in [0.1, 0.15) is 6.61 Å². The highest BCUT2D eigenvalue weighted by Gasteiger charge is 2.15. The summed E-state index contributed by atoms with van der Waals surface area (Å²) >= 11 is 0. The van der Waals surface area contributed by atoms with Crippen LogP contribution in [0.4, 0.5) is 0 Å². The van der Waals surface area contributed by atoms with Crippen molar-refractivity contribution in [2.75, 3.05) is 14.2 Å². The van der Waals surface area contributed by atoms with E-state index in [1.165, 1.54) is 0 Å². The summed E-state index contributed by atoms with van der Waals surface area (Å²) in [5.74, 6) is 1.93. The fourth-order valence-electron chi connectivity index (χ4n) is 2.30. The van der Waals surface area contributed by atoms with Crippen LogP contribution in [-0.2, 0) is 13.0 Å². The third kappa shape index (κ3) is 4.15. The van der Waals surface area contributed by atoms with Gasteiger partial charge in [0.15, 0.2) is 11.5 Å². The van der Waals surface area contributed by atoms with E-state index in [9.17, 15) is 0 Å². The van der Waals surface area contributed by atoms with E-state index in [0.29, 0.717) is 23.9 Å². The Kier molecular flexibility index (Phi) is 5.67. The van der Waals surface area contributed by atoms with Crippen LogP contribution in [0.5, 0.6) is 17.2 Å². The van der Waals surface area contributed by atoms with Crippen LogP contribution in [0, 0.1) is 0 Å². The molecule has 0 bridgehead atoms. The number of methoxy groups -OCH3 is 2. The van der Waals surface area contributed by atoms with Gasteiger partial charge in [-0.15, -0.1) is 0 Å². The Labute approximate surface area is 131 Å². The minimum absolute atomic E-state index is 0.0745. The van der Waals surface area contributed by atoms with Gasteiger partial charge in [0, 0.05) is 6.04 Å². The Morgan fingerprint density at radius 2 is 1.55 bits per heavy atom. The molecule has 0 aromatic heterocycles. The van der Waals surface area contributed by atoms with Gasteiger partial charge in [0.05, 0.1) is 14.2 Å². The van der Waals surface area contributed by atoms with Crippen LogP contribution >= 0.6 is 0 Å². The van der Waals surface area contributed by atoms with E-state index in [1.54, 1.807) is 14.2 Å². The van der Waals surface area contributed by atoms with Crippen molar-refractivity contribution >= 4 is 0 Å². The van der Waals surface area contributed by atoms with Gasteiger partial charge < -0.3 is 19.9 Å². The third-order valence-electron chi connectivity index (χ3n) is 3.30. The molecule has 2 N–H and O–H groups in total. The molecule has 22 heavy (non-hydrogen) atoms. The molecule has 0 heterocycles. The van der Waals surface area contributed by atoms with Gasteiger partial charge >= 0.3 is 0 Å². The molecule has 118 valence electrons. The van der Waals surface area contributed by atoms with Crippen molar-refractivity contribution in [3.8, 4) is 17.2 Å². The summed E-state index contributed by atoms with van der Waals surface area (Å²) in [6.07, 6.45) is 0.756. The van der Waals surface area contributed by atoms with Crippen molar-refractivity contribution in [3.05, 3.63) is 53.6 Å². The standard InChI is InChI=1S/C18H23NO3/c1-13(19)9-15-10-16(20-2)18(17(11-15)21-3)22-12-14-7-5-4-6-8-14/h4-8,10-11,13H,9,12,19H2,1-3H3/t13-/m0/s1. The van der Waals surface area contributed by atoms with Crippen molar-refractivity contribution in [2.24, 2.45) is 5.73 Å². The summed E-state index contributed by atoms with van der Waals surface area (Å²) < 4.78 is 16.8. The molecule has 0 saturated heterocycles. The molecule has 0 aliphatic carbocycles. The lowest BCUT2D eigenvalue weighted by Gasteiger charge is -2.17. The lowest BCUT2D eigenvalue weighted by atomic mass is 10.1. The zero-order chi connectivity index (χ0) is 15.9. The second-order valence-electron chi connectivity index (χ2n) is 5.29. The second-order valence-corrected chi connectivity index (χ2v) is 5.29. The zero-order valence-electron chi connectivity index (χ0n) is 13.3. The molecule has 2 aromatic carbocycles. The summed E-state index contributed by atoms with van der Waals surface area (Å²) in [5, 5.41) is 0. The SMILES string of the molecule is COc1cc(C[C@H](C)N)cc(OC)c1OCc1ccccc1. The highest BCUT2D eigenvalue weighted by atomic mass is 16.5. The molecule has 2 rings (SSSR count). The Morgan fingerprint density at radius 3 is 2.05 bits per heavy atom. The van der Waals surface area contributed by atoms with Crippen LogP contribution in [0.1, 0.15) is 18.1 Å². The van der Waals surface area contributed by atoms with Gasteiger partial charge in [-0.2, -0.15) is 0 Å². The van der Waals surface area contributed by atoms with Gasteiger partial charge in [-0.1, -0.05) is 30.3 Å². The first-order valence-corrected chi connectivity index (χ1v) is 7.31. The highest BCUT2D eigenvalue weighted by molar-refractivity contribution is 5.54. The van der Waals surface area contributed by atoms with Gasteiger partial charge in [-0.05, 0) is 36.6 Å². The topological polar surface area (TPSA) is 53.7 Å². The van der Waals surface area contributed by atoms with E-state index in [0.717, 1.165) is 17.5 Å². The Morgan fingerprint density at radius 1 is 0.955 bits per heavy atom. The predicted molar refractivity (Wildman–Crippen MR) is 87.7 cm³/mol. The molecular formula is C18H23NO3. The second kappa shape index (κ2) is 7.71. The van der Waals surface area contributed by atoms with E-state index in [4.69, 9.17) is 19.9 Å². The molecule has 0 unspecified atom stereocenters. The third-order valence-corrected chi connectivity index (χ3v) is 3.30. The number of hydrogen-bond donors (Lipinski definition) is 1. The monoisotopic (exact) mass is 301 g/mol. The largest absolute Gasteiger partial charge is 0.493 e. The maximum Gasteiger partial charge on any atom is 0.203 e. The molecule has 0 fully saturated rings. The van der Waals surface area contributed by atoms with Gasteiger partial charge in [0.25, 0.3) is 0 Å². The van der Waals surface area contributed by atoms with Crippen LogP contribution < -0.4 is 19.9 Å². The highest BCUT2D eigenvalue weighted by Crippen LogP contribution is 2.39. The van der Waals surface area contributed by atoms with Crippen LogP contribution in [-0.4, -0.2) is 20.3 Å². The van der Waals surface area contributed by atoms with Crippen LogP contribution in [0.25, 0.3) is 0 Å². The molecule has 0 aliphatic heterocycles. The van der Waals surface area contributed by atoms with E-state index in [2.05, 4.69) is 0 Å². The van der Waals surface area contributed by atoms with E-state index in [1.807, 2.05) is 49.4 Å². The first-order valence-electron chi connectivity index (χ1n) is 7.31. The lowest BCUT2D eigenvalue weighted by Crippen LogP contribution is -2.17. The van der Waals surface area contributed by atoms with Crippen LogP contribution in [0.3, 0.4) is 0 Å². The van der Waals surface area contributed by atoms with Gasteiger partial charge in [-0.3, -0.25) is 0 Å². The molecule has 4 nitrogen and oxygen atoms in total. The number of benzene rings is 2. The Balaban J connectivity index is 2.25. The van der Waals surface area contributed by atoms with Crippen molar-refractivity contribution in [1.82, 2.24) is 0 Å².